The molecule has 0 aliphatic rings. The molecule has 3 rings (SSSR count). The van der Waals surface area contributed by atoms with Crippen molar-refractivity contribution in [3.63, 3.8) is 0 Å². The van der Waals surface area contributed by atoms with Crippen LogP contribution >= 0.6 is 11.3 Å². The molecule has 1 heterocycles. The molecule has 0 fully saturated rings. The molecule has 0 saturated carbocycles. The second kappa shape index (κ2) is 8.75. The first kappa shape index (κ1) is 21.0. The number of nitrogens with zero attached hydrogens (tertiary/aromatic N) is 3. The maximum atomic E-state index is 13.0. The Bertz CT molecular complexity index is 973. The van der Waals surface area contributed by atoms with Crippen molar-refractivity contribution < 1.29 is 18.0 Å². The summed E-state index contributed by atoms with van der Waals surface area (Å²) in [6.07, 6.45) is -4.48. The van der Waals surface area contributed by atoms with E-state index in [1.807, 2.05) is 42.8 Å². The zero-order chi connectivity index (χ0) is 21.0. The van der Waals surface area contributed by atoms with Gasteiger partial charge in [-0.15, -0.1) is 11.3 Å². The van der Waals surface area contributed by atoms with E-state index in [1.54, 1.807) is 0 Å². The first-order chi connectivity index (χ1) is 13.7. The van der Waals surface area contributed by atoms with Crippen LogP contribution in [0.2, 0.25) is 0 Å². The quantitative estimate of drug-likeness (QED) is 0.531. The molecule has 1 aromatic heterocycles. The highest BCUT2D eigenvalue weighted by Gasteiger charge is 2.31. The van der Waals surface area contributed by atoms with Crippen LogP contribution in [0.1, 0.15) is 23.7 Å². The number of carbonyl (C=O) groups excluding carboxylic acids is 1. The van der Waals surface area contributed by atoms with E-state index < -0.39 is 17.6 Å². The van der Waals surface area contributed by atoms with Crippen LogP contribution in [0.3, 0.4) is 0 Å². The number of amides is 1. The normalized spacial score (nSPS) is 11.7. The highest BCUT2D eigenvalue weighted by atomic mass is 32.1. The van der Waals surface area contributed by atoms with Gasteiger partial charge >= 0.3 is 6.18 Å². The highest BCUT2D eigenvalue weighted by molar-refractivity contribution is 7.14. The van der Waals surface area contributed by atoms with Crippen LogP contribution in [0.15, 0.2) is 60.0 Å². The Balaban J connectivity index is 1.78. The summed E-state index contributed by atoms with van der Waals surface area (Å²) in [4.78, 5) is 20.0. The fourth-order valence-corrected chi connectivity index (χ4v) is 3.83. The van der Waals surface area contributed by atoms with Gasteiger partial charge < -0.3 is 0 Å². The lowest BCUT2D eigenvalue weighted by Gasteiger charge is -2.19. The van der Waals surface area contributed by atoms with Gasteiger partial charge in [-0.25, -0.2) is 4.98 Å². The van der Waals surface area contributed by atoms with Crippen LogP contribution in [0, 0.1) is 0 Å². The molecule has 8 heteroatoms. The number of hydrogen-bond acceptors (Lipinski definition) is 4. The zero-order valence-corrected chi connectivity index (χ0v) is 16.8. The van der Waals surface area contributed by atoms with E-state index in [4.69, 9.17) is 0 Å². The van der Waals surface area contributed by atoms with E-state index in [9.17, 15) is 18.0 Å². The number of halogens is 3. The average Bonchev–Trinajstić information content (AvgIpc) is 3.09. The van der Waals surface area contributed by atoms with Crippen molar-refractivity contribution in [3.8, 4) is 0 Å². The minimum Gasteiger partial charge on any atom is -0.296 e. The number of anilines is 2. The van der Waals surface area contributed by atoms with Crippen LogP contribution in [-0.4, -0.2) is 22.8 Å². The fraction of sp³-hybridized carbons (Fsp3) is 0.238. The van der Waals surface area contributed by atoms with Crippen molar-refractivity contribution in [1.29, 1.82) is 0 Å². The summed E-state index contributed by atoms with van der Waals surface area (Å²) in [6, 6.07) is 14.7. The number of benzene rings is 2. The predicted octanol–water partition coefficient (Wildman–Crippen LogP) is 5.48. The Morgan fingerprint density at radius 3 is 2.45 bits per heavy atom. The van der Waals surface area contributed by atoms with Crippen molar-refractivity contribution in [3.05, 3.63) is 76.8 Å². The molecule has 4 nitrogen and oxygen atoms in total. The van der Waals surface area contributed by atoms with E-state index in [2.05, 4.69) is 9.88 Å². The molecule has 152 valence electrons. The molecule has 2 aromatic carbocycles. The molecule has 1 amide bonds. The van der Waals surface area contributed by atoms with Gasteiger partial charge in [0.15, 0.2) is 5.13 Å². The minimum absolute atomic E-state index is 0.144. The van der Waals surface area contributed by atoms with E-state index in [0.717, 1.165) is 24.4 Å². The van der Waals surface area contributed by atoms with Crippen molar-refractivity contribution >= 4 is 28.1 Å². The Labute approximate surface area is 171 Å². The lowest BCUT2D eigenvalue weighted by atomic mass is 10.2. The van der Waals surface area contributed by atoms with Gasteiger partial charge in [0.05, 0.1) is 16.9 Å². The maximum absolute atomic E-state index is 13.0. The summed E-state index contributed by atoms with van der Waals surface area (Å²) in [6.45, 7) is 2.60. The topological polar surface area (TPSA) is 36.4 Å². The van der Waals surface area contributed by atoms with Crippen molar-refractivity contribution in [2.45, 2.75) is 26.2 Å². The van der Waals surface area contributed by atoms with Gasteiger partial charge in [0, 0.05) is 25.4 Å². The molecule has 0 spiro atoms. The number of hydrogen-bond donors (Lipinski definition) is 0. The van der Waals surface area contributed by atoms with Gasteiger partial charge in [0.1, 0.15) is 0 Å². The van der Waals surface area contributed by atoms with Gasteiger partial charge in [-0.3, -0.25) is 14.6 Å². The van der Waals surface area contributed by atoms with Crippen LogP contribution in [-0.2, 0) is 24.1 Å². The molecule has 0 saturated heterocycles. The van der Waals surface area contributed by atoms with Crippen LogP contribution in [0.25, 0.3) is 0 Å². The van der Waals surface area contributed by atoms with E-state index >= 15 is 0 Å². The number of alkyl halides is 3. The van der Waals surface area contributed by atoms with Crippen LogP contribution < -0.4 is 4.90 Å². The SMILES string of the molecule is CC(=O)N(c1cccc(C(F)(F)F)c1)c1nc(CN(C)Cc2ccccc2)cs1. The third-order valence-electron chi connectivity index (χ3n) is 4.20. The third kappa shape index (κ3) is 5.42. The zero-order valence-electron chi connectivity index (χ0n) is 16.0. The maximum Gasteiger partial charge on any atom is 0.416 e. The number of carbonyl (C=O) groups is 1. The van der Waals surface area contributed by atoms with Gasteiger partial charge in [0.25, 0.3) is 0 Å². The molecule has 0 aliphatic heterocycles. The summed E-state index contributed by atoms with van der Waals surface area (Å²) in [5.74, 6) is -0.400. The van der Waals surface area contributed by atoms with Crippen molar-refractivity contribution in [2.24, 2.45) is 0 Å². The fourth-order valence-electron chi connectivity index (χ4n) is 2.95. The van der Waals surface area contributed by atoms with E-state index in [0.29, 0.717) is 11.7 Å². The molecule has 0 bridgehead atoms. The largest absolute Gasteiger partial charge is 0.416 e. The van der Waals surface area contributed by atoms with Crippen LogP contribution in [0.4, 0.5) is 24.0 Å². The Morgan fingerprint density at radius 1 is 1.07 bits per heavy atom. The second-order valence-corrected chi connectivity index (χ2v) is 7.52. The standard InChI is InChI=1S/C21H20F3N3OS/c1-15(28)27(19-10-6-9-17(11-19)21(22,23)24)20-25-18(14-29-20)13-26(2)12-16-7-4-3-5-8-16/h3-11,14H,12-13H2,1-2H3. The van der Waals surface area contributed by atoms with Gasteiger partial charge in [0.2, 0.25) is 5.91 Å². The molecule has 0 unspecified atom stereocenters. The molecule has 29 heavy (non-hydrogen) atoms. The summed E-state index contributed by atoms with van der Waals surface area (Å²) < 4.78 is 39.1. The average molecular weight is 419 g/mol. The van der Waals surface area contributed by atoms with Crippen LogP contribution in [0.5, 0.6) is 0 Å². The number of rotatable bonds is 6. The number of aromatic nitrogens is 1. The highest BCUT2D eigenvalue weighted by Crippen LogP contribution is 2.35. The Morgan fingerprint density at radius 2 is 1.79 bits per heavy atom. The van der Waals surface area contributed by atoms with Gasteiger partial charge in [-0.1, -0.05) is 36.4 Å². The summed E-state index contributed by atoms with van der Waals surface area (Å²) in [5, 5.41) is 2.17. The minimum atomic E-state index is -4.48. The molecule has 0 N–H and O–H groups in total. The van der Waals surface area contributed by atoms with Crippen molar-refractivity contribution in [2.75, 3.05) is 11.9 Å². The lowest BCUT2D eigenvalue weighted by molar-refractivity contribution is -0.137. The van der Waals surface area contributed by atoms with E-state index in [-0.39, 0.29) is 5.69 Å². The summed E-state index contributed by atoms with van der Waals surface area (Å²) in [5.41, 5.74) is 1.26. The van der Waals surface area contributed by atoms with Gasteiger partial charge in [-0.2, -0.15) is 13.2 Å². The molecule has 0 radical (unpaired) electrons. The summed E-state index contributed by atoms with van der Waals surface area (Å²) >= 11 is 1.23. The Kier molecular flexibility index (Phi) is 6.34. The molecular weight excluding hydrogens is 399 g/mol. The molecular formula is C21H20F3N3OS. The monoisotopic (exact) mass is 419 g/mol. The molecule has 3 aromatic rings. The third-order valence-corrected chi connectivity index (χ3v) is 5.08. The number of thiazole rings is 1. The summed E-state index contributed by atoms with van der Waals surface area (Å²) in [7, 11) is 1.96. The first-order valence-electron chi connectivity index (χ1n) is 8.89. The Hall–Kier alpha value is -2.71. The molecule has 0 atom stereocenters. The molecule has 0 aliphatic carbocycles. The predicted molar refractivity (Wildman–Crippen MR) is 108 cm³/mol. The first-order valence-corrected chi connectivity index (χ1v) is 9.77. The van der Waals surface area contributed by atoms with Crippen molar-refractivity contribution in [1.82, 2.24) is 9.88 Å². The smallest absolute Gasteiger partial charge is 0.296 e. The second-order valence-electron chi connectivity index (χ2n) is 6.68. The van der Waals surface area contributed by atoms with E-state index in [1.165, 1.54) is 40.9 Å². The lowest BCUT2D eigenvalue weighted by Crippen LogP contribution is -2.23. The van der Waals surface area contributed by atoms with Gasteiger partial charge in [-0.05, 0) is 30.8 Å².